The van der Waals surface area contributed by atoms with E-state index in [1.165, 1.54) is 18.9 Å². The quantitative estimate of drug-likeness (QED) is 0.0932. The molecule has 2 aliphatic rings. The molecule has 1 N–H and O–H groups in total. The molecule has 6 heteroatoms. The van der Waals surface area contributed by atoms with Crippen LogP contribution in [0.15, 0.2) is 104 Å². The second-order valence-corrected chi connectivity index (χ2v) is 14.7. The van der Waals surface area contributed by atoms with Gasteiger partial charge in [0.2, 0.25) is 0 Å². The fourth-order valence-electron chi connectivity index (χ4n) is 6.56. The Hall–Kier alpha value is -4.55. The summed E-state index contributed by atoms with van der Waals surface area (Å²) in [6.07, 6.45) is 14.5. The van der Waals surface area contributed by atoms with E-state index in [2.05, 4.69) is 58.2 Å². The number of hydrogen-bond donors (Lipinski definition) is 1. The molecule has 3 aromatic carbocycles. The van der Waals surface area contributed by atoms with Crippen LogP contribution < -0.4 is 9.47 Å². The Morgan fingerprint density at radius 2 is 1.41 bits per heavy atom. The minimum atomic E-state index is -0.274. The molecule has 0 heterocycles. The van der Waals surface area contributed by atoms with E-state index in [0.717, 1.165) is 34.6 Å². The molecule has 4 unspecified atom stereocenters. The van der Waals surface area contributed by atoms with Crippen LogP contribution >= 0.6 is 0 Å². The van der Waals surface area contributed by atoms with Crippen LogP contribution in [0.5, 0.6) is 17.2 Å². The zero-order valence-electron chi connectivity index (χ0n) is 31.9. The lowest BCUT2D eigenvalue weighted by atomic mass is 9.70. The fourth-order valence-corrected chi connectivity index (χ4v) is 6.56. The lowest BCUT2D eigenvalue weighted by molar-refractivity contribution is -0.150. The third-order valence-electron chi connectivity index (χ3n) is 9.84. The maximum absolute atomic E-state index is 11.3. The first-order valence-electron chi connectivity index (χ1n) is 17.9. The molecule has 5 rings (SSSR count). The van der Waals surface area contributed by atoms with Crippen molar-refractivity contribution in [3.05, 3.63) is 121 Å². The van der Waals surface area contributed by atoms with Gasteiger partial charge in [0.1, 0.15) is 29.0 Å². The van der Waals surface area contributed by atoms with Crippen LogP contribution in [0.25, 0.3) is 18.2 Å². The molecule has 2 aliphatic carbocycles. The lowest BCUT2D eigenvalue weighted by Crippen LogP contribution is -2.38. The summed E-state index contributed by atoms with van der Waals surface area (Å²) in [5, 5.41) is 8.82. The lowest BCUT2D eigenvalue weighted by Gasteiger charge is -2.38. The predicted octanol–water partition coefficient (Wildman–Crippen LogP) is 11.3. The SMILES string of the molecule is C=CC(=O)OC1CC2CCC1(C)C2(C)C.C=Cc1ccc(O)cc1.CCOC(C)Oc1ccc(C=CC=Cc2ccc(OC(C)(C)C)cc2)cc1. The molecular weight excluding hydrogens is 636 g/mol. The molecule has 0 saturated heterocycles. The Balaban J connectivity index is 0.000000242. The third kappa shape index (κ3) is 12.3. The highest BCUT2D eigenvalue weighted by Crippen LogP contribution is 2.66. The Morgan fingerprint density at radius 3 is 1.84 bits per heavy atom. The molecule has 4 atom stereocenters. The summed E-state index contributed by atoms with van der Waals surface area (Å²) in [5.41, 5.74) is 3.56. The first kappa shape index (κ1) is 40.9. The van der Waals surface area contributed by atoms with E-state index < -0.39 is 0 Å². The van der Waals surface area contributed by atoms with Gasteiger partial charge in [0.15, 0.2) is 6.29 Å². The number of esters is 1. The van der Waals surface area contributed by atoms with Crippen LogP contribution in [0.4, 0.5) is 0 Å². The van der Waals surface area contributed by atoms with Crippen molar-refractivity contribution < 1.29 is 28.8 Å². The van der Waals surface area contributed by atoms with Gasteiger partial charge in [-0.15, -0.1) is 0 Å². The highest BCUT2D eigenvalue weighted by atomic mass is 16.7. The van der Waals surface area contributed by atoms with Crippen LogP contribution in [-0.4, -0.2) is 35.7 Å². The average Bonchev–Trinajstić information content (AvgIpc) is 3.42. The summed E-state index contributed by atoms with van der Waals surface area (Å²) in [5.74, 6) is 2.42. The van der Waals surface area contributed by atoms with Crippen LogP contribution in [0.3, 0.4) is 0 Å². The number of benzene rings is 3. The van der Waals surface area contributed by atoms with E-state index in [0.29, 0.717) is 23.7 Å². The fraction of sp³-hybridized carbons (Fsp3) is 0.400. The molecule has 3 aromatic rings. The zero-order chi connectivity index (χ0) is 37.7. The van der Waals surface area contributed by atoms with E-state index in [-0.39, 0.29) is 29.4 Å². The van der Waals surface area contributed by atoms with Gasteiger partial charge >= 0.3 is 5.97 Å². The zero-order valence-corrected chi connectivity index (χ0v) is 31.9. The van der Waals surface area contributed by atoms with Gasteiger partial charge in [0.25, 0.3) is 0 Å². The number of carbonyl (C=O) groups excluding carboxylic acids is 1. The monoisotopic (exact) mass is 694 g/mol. The van der Waals surface area contributed by atoms with Crippen LogP contribution in [-0.2, 0) is 14.3 Å². The molecule has 0 aromatic heterocycles. The van der Waals surface area contributed by atoms with E-state index in [9.17, 15) is 4.79 Å². The molecule has 0 aliphatic heterocycles. The van der Waals surface area contributed by atoms with Gasteiger partial charge in [-0.05, 0) is 118 Å². The van der Waals surface area contributed by atoms with E-state index in [1.54, 1.807) is 18.2 Å². The summed E-state index contributed by atoms with van der Waals surface area (Å²) in [6.45, 7) is 24.5. The standard InChI is InChI=1S/C24H30O3.C13H20O2.C8H8O/c1-6-25-19(2)26-22-15-11-20(12-16-22)9-7-8-10-21-13-17-23(18-14-21)27-24(3,4)5;1-5-11(14)15-10-8-9-6-7-13(10,4)12(9,2)3;1-2-7-3-5-8(9)6-4-7/h7-19H,6H2,1-5H3;5,9-10H,1,6-8H2,2-4H3;2-6,9H,1H2. The van der Waals surface area contributed by atoms with Gasteiger partial charge in [0.05, 0.1) is 0 Å². The van der Waals surface area contributed by atoms with E-state index >= 15 is 0 Å². The molecule has 0 amide bonds. The number of phenolic OH excluding ortho intramolecular Hbond substituents is 1. The van der Waals surface area contributed by atoms with Crippen LogP contribution in [0.2, 0.25) is 0 Å². The second kappa shape index (κ2) is 18.6. The molecule has 0 radical (unpaired) electrons. The van der Waals surface area contributed by atoms with Crippen molar-refractivity contribution in [3.8, 4) is 17.2 Å². The Morgan fingerprint density at radius 1 is 0.882 bits per heavy atom. The molecule has 51 heavy (non-hydrogen) atoms. The van der Waals surface area contributed by atoms with Crippen molar-refractivity contribution in [2.24, 2.45) is 16.7 Å². The third-order valence-corrected chi connectivity index (χ3v) is 9.84. The number of ether oxygens (including phenoxy) is 4. The topological polar surface area (TPSA) is 74.2 Å². The number of aromatic hydroxyl groups is 1. The molecule has 0 spiro atoms. The molecule has 6 nitrogen and oxygen atoms in total. The maximum Gasteiger partial charge on any atom is 0.330 e. The van der Waals surface area contributed by atoms with Crippen molar-refractivity contribution in [3.63, 3.8) is 0 Å². The summed E-state index contributed by atoms with van der Waals surface area (Å²) in [4.78, 5) is 11.3. The number of hydrogen-bond acceptors (Lipinski definition) is 6. The average molecular weight is 695 g/mol. The van der Waals surface area contributed by atoms with Gasteiger partial charge < -0.3 is 24.1 Å². The Kier molecular flexibility index (Phi) is 14.9. The number of fused-ring (bicyclic) bond motifs is 2. The molecular formula is C45H58O6. The predicted molar refractivity (Wildman–Crippen MR) is 211 cm³/mol. The second-order valence-electron chi connectivity index (χ2n) is 14.7. The van der Waals surface area contributed by atoms with Crippen LogP contribution in [0, 0.1) is 16.7 Å². The first-order chi connectivity index (χ1) is 24.1. The van der Waals surface area contributed by atoms with Crippen molar-refractivity contribution in [1.82, 2.24) is 0 Å². The van der Waals surface area contributed by atoms with Crippen LogP contribution in [0.1, 0.15) is 91.3 Å². The summed E-state index contributed by atoms with van der Waals surface area (Å²) in [7, 11) is 0. The van der Waals surface area contributed by atoms with E-state index in [4.69, 9.17) is 24.1 Å². The summed E-state index contributed by atoms with van der Waals surface area (Å²) >= 11 is 0. The number of carbonyl (C=O) groups is 1. The normalized spacial score (nSPS) is 20.8. The van der Waals surface area contributed by atoms with Crippen molar-refractivity contribution in [1.29, 1.82) is 0 Å². The highest BCUT2D eigenvalue weighted by Gasteiger charge is 2.62. The number of phenols is 1. The summed E-state index contributed by atoms with van der Waals surface area (Å²) < 4.78 is 22.3. The summed E-state index contributed by atoms with van der Waals surface area (Å²) in [6, 6.07) is 22.9. The van der Waals surface area contributed by atoms with Gasteiger partial charge in [-0.3, -0.25) is 0 Å². The maximum atomic E-state index is 11.3. The largest absolute Gasteiger partial charge is 0.508 e. The molecule has 2 bridgehead atoms. The van der Waals surface area contributed by atoms with Gasteiger partial charge in [-0.2, -0.15) is 0 Å². The van der Waals surface area contributed by atoms with Crippen molar-refractivity contribution >= 4 is 24.2 Å². The Bertz CT molecular complexity index is 1590. The number of allylic oxidation sites excluding steroid dienone is 2. The van der Waals surface area contributed by atoms with E-state index in [1.807, 2.05) is 95.3 Å². The van der Waals surface area contributed by atoms with Crippen molar-refractivity contribution in [2.75, 3.05) is 6.61 Å². The molecule has 2 fully saturated rings. The van der Waals surface area contributed by atoms with Crippen molar-refractivity contribution in [2.45, 2.75) is 92.6 Å². The highest BCUT2D eigenvalue weighted by molar-refractivity contribution is 5.81. The Labute approximate surface area is 306 Å². The first-order valence-corrected chi connectivity index (χ1v) is 17.9. The molecule has 2 saturated carbocycles. The smallest absolute Gasteiger partial charge is 0.330 e. The number of rotatable bonds is 11. The minimum absolute atomic E-state index is 0.0942. The van der Waals surface area contributed by atoms with Gasteiger partial charge in [0, 0.05) is 18.1 Å². The minimum Gasteiger partial charge on any atom is -0.508 e. The van der Waals surface area contributed by atoms with Gasteiger partial charge in [-0.1, -0.05) is 101 Å². The molecule has 274 valence electrons. The van der Waals surface area contributed by atoms with Gasteiger partial charge in [-0.25, -0.2) is 4.79 Å².